The van der Waals surface area contributed by atoms with E-state index in [9.17, 15) is 4.79 Å². The zero-order valence-corrected chi connectivity index (χ0v) is 5.15. The molecule has 1 heterocycles. The van der Waals surface area contributed by atoms with Crippen molar-refractivity contribution in [3.05, 3.63) is 30.4 Å². The molecule has 3 nitrogen and oxygen atoms in total. The Morgan fingerprint density at radius 3 is 3.20 bits per heavy atom. The summed E-state index contributed by atoms with van der Waals surface area (Å²) < 4.78 is 4.90. The van der Waals surface area contributed by atoms with Gasteiger partial charge in [0.15, 0.2) is 0 Å². The van der Waals surface area contributed by atoms with E-state index in [0.717, 1.165) is 0 Å². The first-order valence-corrected chi connectivity index (χ1v) is 2.70. The van der Waals surface area contributed by atoms with Crippen LogP contribution in [0.15, 0.2) is 34.0 Å². The van der Waals surface area contributed by atoms with Gasteiger partial charge in [-0.1, -0.05) is 0 Å². The Morgan fingerprint density at radius 2 is 2.60 bits per heavy atom. The molecule has 0 bridgehead atoms. The molecule has 0 fully saturated rings. The number of isocyanates is 1. The first-order chi connectivity index (χ1) is 4.93. The molecule has 0 N–H and O–H groups in total. The molecule has 0 aliphatic heterocycles. The lowest BCUT2D eigenvalue weighted by Crippen LogP contribution is -1.56. The maximum absolute atomic E-state index is 9.56. The smallest absolute Gasteiger partial charge is 0.239 e. The lowest BCUT2D eigenvalue weighted by atomic mass is 10.4. The van der Waals surface area contributed by atoms with Crippen LogP contribution >= 0.6 is 0 Å². The van der Waals surface area contributed by atoms with E-state index in [2.05, 4.69) is 4.99 Å². The summed E-state index contributed by atoms with van der Waals surface area (Å²) in [5, 5.41) is 0. The molecule has 0 aliphatic rings. The van der Waals surface area contributed by atoms with Crippen LogP contribution in [0.4, 0.5) is 0 Å². The molecule has 0 atom stereocenters. The molecular formula is C7H5NO2. The van der Waals surface area contributed by atoms with Gasteiger partial charge in [0.05, 0.1) is 6.26 Å². The molecule has 50 valence electrons. The molecule has 3 heteroatoms. The Kier molecular flexibility index (Phi) is 2.24. The van der Waals surface area contributed by atoms with Crippen molar-refractivity contribution in [1.29, 1.82) is 0 Å². The van der Waals surface area contributed by atoms with E-state index >= 15 is 0 Å². The van der Waals surface area contributed by atoms with Crippen LogP contribution in [0.1, 0.15) is 5.76 Å². The maximum Gasteiger partial charge on any atom is 0.239 e. The standard InChI is InChI=1S/C7H5NO2/c9-6-8-4-3-7-2-1-5-10-7/h1-5H. The molecule has 10 heavy (non-hydrogen) atoms. The van der Waals surface area contributed by atoms with Crippen molar-refractivity contribution in [3.8, 4) is 0 Å². The quantitative estimate of drug-likeness (QED) is 0.456. The molecular weight excluding hydrogens is 130 g/mol. The monoisotopic (exact) mass is 135 g/mol. The van der Waals surface area contributed by atoms with Crippen molar-refractivity contribution < 1.29 is 9.21 Å². The Hall–Kier alpha value is -1.60. The Balaban J connectivity index is 2.63. The van der Waals surface area contributed by atoms with Crippen LogP contribution in [0.2, 0.25) is 0 Å². The number of carbonyl (C=O) groups excluding carboxylic acids is 1. The third-order valence-corrected chi connectivity index (χ3v) is 0.909. The number of hydrogen-bond donors (Lipinski definition) is 0. The highest BCUT2D eigenvalue weighted by atomic mass is 16.3. The lowest BCUT2D eigenvalue weighted by molar-refractivity contribution is 0.557. The van der Waals surface area contributed by atoms with Gasteiger partial charge in [0, 0.05) is 6.20 Å². The van der Waals surface area contributed by atoms with Crippen molar-refractivity contribution in [3.63, 3.8) is 0 Å². The summed E-state index contributed by atoms with van der Waals surface area (Å²) in [5.74, 6) is 0.666. The summed E-state index contributed by atoms with van der Waals surface area (Å²) in [6.45, 7) is 0. The van der Waals surface area contributed by atoms with Crippen molar-refractivity contribution in [2.75, 3.05) is 0 Å². The molecule has 1 aromatic heterocycles. The van der Waals surface area contributed by atoms with Gasteiger partial charge >= 0.3 is 0 Å². The van der Waals surface area contributed by atoms with E-state index in [1.54, 1.807) is 24.5 Å². The summed E-state index contributed by atoms with van der Waals surface area (Å²) in [6, 6.07) is 3.52. The summed E-state index contributed by atoms with van der Waals surface area (Å²) in [5.41, 5.74) is 0. The van der Waals surface area contributed by atoms with Gasteiger partial charge < -0.3 is 4.42 Å². The van der Waals surface area contributed by atoms with Crippen LogP contribution in [0.25, 0.3) is 6.08 Å². The third kappa shape index (κ3) is 1.73. The van der Waals surface area contributed by atoms with E-state index in [-0.39, 0.29) is 0 Å². The van der Waals surface area contributed by atoms with Crippen molar-refractivity contribution in [1.82, 2.24) is 0 Å². The van der Waals surface area contributed by atoms with Crippen molar-refractivity contribution in [2.45, 2.75) is 0 Å². The number of furan rings is 1. The molecule has 0 unspecified atom stereocenters. The van der Waals surface area contributed by atoms with Gasteiger partial charge in [-0.2, -0.15) is 4.99 Å². The van der Waals surface area contributed by atoms with E-state index in [0.29, 0.717) is 5.76 Å². The second-order valence-electron chi connectivity index (χ2n) is 1.55. The van der Waals surface area contributed by atoms with Crippen LogP contribution in [0, 0.1) is 0 Å². The van der Waals surface area contributed by atoms with Gasteiger partial charge in [-0.15, -0.1) is 0 Å². The highest BCUT2D eigenvalue weighted by Crippen LogP contribution is 2.01. The highest BCUT2D eigenvalue weighted by Gasteiger charge is 1.83. The number of rotatable bonds is 2. The largest absolute Gasteiger partial charge is 0.465 e. The fraction of sp³-hybridized carbons (Fsp3) is 0. The zero-order chi connectivity index (χ0) is 7.23. The summed E-state index contributed by atoms with van der Waals surface area (Å²) in [4.78, 5) is 12.8. The van der Waals surface area contributed by atoms with Gasteiger partial charge in [0.1, 0.15) is 5.76 Å². The number of nitrogens with zero attached hydrogens (tertiary/aromatic N) is 1. The Labute approximate surface area is 57.7 Å². The van der Waals surface area contributed by atoms with Crippen molar-refractivity contribution in [2.24, 2.45) is 4.99 Å². The fourth-order valence-corrected chi connectivity index (χ4v) is 0.527. The normalized spacial score (nSPS) is 9.60. The van der Waals surface area contributed by atoms with Crippen molar-refractivity contribution >= 4 is 12.2 Å². The molecule has 1 rings (SSSR count). The fourth-order valence-electron chi connectivity index (χ4n) is 0.527. The molecule has 0 radical (unpaired) electrons. The minimum atomic E-state index is 0.666. The highest BCUT2D eigenvalue weighted by molar-refractivity contribution is 5.45. The van der Waals surface area contributed by atoms with E-state index in [4.69, 9.17) is 4.42 Å². The zero-order valence-electron chi connectivity index (χ0n) is 5.15. The summed E-state index contributed by atoms with van der Waals surface area (Å²) >= 11 is 0. The second kappa shape index (κ2) is 3.43. The average Bonchev–Trinajstić information content (AvgIpc) is 2.41. The molecule has 1 aromatic rings. The van der Waals surface area contributed by atoms with E-state index in [1.807, 2.05) is 0 Å². The molecule has 0 aromatic carbocycles. The maximum atomic E-state index is 9.56. The Bertz CT molecular complexity index is 255. The van der Waals surface area contributed by atoms with Gasteiger partial charge in [0.2, 0.25) is 6.08 Å². The summed E-state index contributed by atoms with van der Waals surface area (Å²) in [6.07, 6.45) is 5.82. The van der Waals surface area contributed by atoms with E-state index < -0.39 is 0 Å². The molecule has 0 amide bonds. The van der Waals surface area contributed by atoms with Crippen LogP contribution < -0.4 is 0 Å². The third-order valence-electron chi connectivity index (χ3n) is 0.909. The number of aliphatic imine (C=N–C) groups is 1. The summed E-state index contributed by atoms with van der Waals surface area (Å²) in [7, 11) is 0. The average molecular weight is 135 g/mol. The molecule has 0 saturated carbocycles. The van der Waals surface area contributed by atoms with Gasteiger partial charge in [0.25, 0.3) is 0 Å². The minimum Gasteiger partial charge on any atom is -0.465 e. The van der Waals surface area contributed by atoms with Gasteiger partial charge in [-0.05, 0) is 18.2 Å². The van der Waals surface area contributed by atoms with Crippen LogP contribution in [-0.4, -0.2) is 6.08 Å². The molecule has 0 spiro atoms. The topological polar surface area (TPSA) is 42.6 Å². The second-order valence-corrected chi connectivity index (χ2v) is 1.55. The lowest BCUT2D eigenvalue weighted by Gasteiger charge is -1.76. The van der Waals surface area contributed by atoms with Gasteiger partial charge in [-0.25, -0.2) is 4.79 Å². The molecule has 0 aliphatic carbocycles. The SMILES string of the molecule is O=C=NC=Cc1ccco1. The van der Waals surface area contributed by atoms with Crippen LogP contribution in [-0.2, 0) is 4.79 Å². The van der Waals surface area contributed by atoms with Crippen LogP contribution in [0.3, 0.4) is 0 Å². The van der Waals surface area contributed by atoms with Crippen LogP contribution in [0.5, 0.6) is 0 Å². The van der Waals surface area contributed by atoms with Gasteiger partial charge in [-0.3, -0.25) is 0 Å². The number of hydrogen-bond acceptors (Lipinski definition) is 3. The first kappa shape index (κ1) is 6.52. The van der Waals surface area contributed by atoms with E-state index in [1.165, 1.54) is 12.3 Å². The minimum absolute atomic E-state index is 0.666. The first-order valence-electron chi connectivity index (χ1n) is 2.70. The predicted octanol–water partition coefficient (Wildman–Crippen LogP) is 1.59. The Morgan fingerprint density at radius 1 is 1.70 bits per heavy atom. The predicted molar refractivity (Wildman–Crippen MR) is 35.9 cm³/mol. The molecule has 0 saturated heterocycles.